The number of hydrogen-bond donors (Lipinski definition) is 1. The van der Waals surface area contributed by atoms with Crippen LogP contribution in [-0.4, -0.2) is 41.8 Å². The summed E-state index contributed by atoms with van der Waals surface area (Å²) in [5, 5.41) is 0. The minimum atomic E-state index is -3.27. The fraction of sp³-hybridized carbons (Fsp3) is 0.600. The molecule has 140 valence electrons. The van der Waals surface area contributed by atoms with Crippen molar-refractivity contribution in [3.63, 3.8) is 0 Å². The van der Waals surface area contributed by atoms with Crippen LogP contribution in [0.4, 0.5) is 0 Å². The Labute approximate surface area is 145 Å². The number of H-pyrrole nitrogens is 1. The lowest BCUT2D eigenvalue weighted by atomic mass is 10.3. The summed E-state index contributed by atoms with van der Waals surface area (Å²) in [4.78, 5) is 25.5. The van der Waals surface area contributed by atoms with Crippen LogP contribution < -0.4 is 11.2 Å². The lowest BCUT2D eigenvalue weighted by molar-refractivity contribution is -0.0258. The van der Waals surface area contributed by atoms with Crippen LogP contribution in [0.3, 0.4) is 0 Å². The highest BCUT2D eigenvalue weighted by Crippen LogP contribution is 2.47. The van der Waals surface area contributed by atoms with Crippen molar-refractivity contribution < 1.29 is 23.1 Å². The molecule has 10 heteroatoms. The highest BCUT2D eigenvalue weighted by Gasteiger charge is 2.26. The molecule has 0 saturated carbocycles. The van der Waals surface area contributed by atoms with Gasteiger partial charge in [-0.1, -0.05) is 6.08 Å². The first-order valence-electron chi connectivity index (χ1n) is 8.00. The molecule has 0 radical (unpaired) electrons. The molecule has 2 heterocycles. The third-order valence-corrected chi connectivity index (χ3v) is 5.21. The molecular formula is C15H23N2O7P. The molecule has 0 fully saturated rings. The molecule has 2 atom stereocenters. The van der Waals surface area contributed by atoms with Gasteiger partial charge in [-0.3, -0.25) is 18.9 Å². The predicted octanol–water partition coefficient (Wildman–Crippen LogP) is 1.54. The van der Waals surface area contributed by atoms with Gasteiger partial charge in [0.15, 0.2) is 6.23 Å². The molecule has 0 saturated heterocycles. The second-order valence-corrected chi connectivity index (χ2v) is 7.37. The van der Waals surface area contributed by atoms with Crippen LogP contribution in [0, 0.1) is 6.92 Å². The summed E-state index contributed by atoms with van der Waals surface area (Å²) in [6.45, 7) is 5.71. The molecule has 1 aliphatic rings. The van der Waals surface area contributed by atoms with Gasteiger partial charge < -0.3 is 18.5 Å². The van der Waals surface area contributed by atoms with Gasteiger partial charge in [-0.25, -0.2) is 4.79 Å². The average Bonchev–Trinajstić information content (AvgIpc) is 3.00. The Balaban J connectivity index is 1.91. The zero-order valence-electron chi connectivity index (χ0n) is 14.5. The van der Waals surface area contributed by atoms with E-state index >= 15 is 0 Å². The van der Waals surface area contributed by atoms with E-state index in [2.05, 4.69) is 4.98 Å². The van der Waals surface area contributed by atoms with Gasteiger partial charge in [-0.15, -0.1) is 0 Å². The van der Waals surface area contributed by atoms with E-state index in [1.807, 2.05) is 0 Å². The molecule has 0 aliphatic carbocycles. The molecule has 1 aliphatic heterocycles. The Hall–Kier alpha value is -1.51. The van der Waals surface area contributed by atoms with Gasteiger partial charge in [-0.05, 0) is 26.8 Å². The Morgan fingerprint density at radius 3 is 2.56 bits per heavy atom. The Morgan fingerprint density at radius 2 is 1.92 bits per heavy atom. The van der Waals surface area contributed by atoms with Crippen molar-refractivity contribution in [1.29, 1.82) is 0 Å². The number of aromatic amines is 1. The second-order valence-electron chi connectivity index (χ2n) is 5.38. The third-order valence-electron chi connectivity index (χ3n) is 3.41. The molecule has 1 N–H and O–H groups in total. The first-order chi connectivity index (χ1) is 11.9. The Kier molecular flexibility index (Phi) is 6.92. The van der Waals surface area contributed by atoms with E-state index in [1.165, 1.54) is 10.8 Å². The monoisotopic (exact) mass is 374 g/mol. The minimum Gasteiger partial charge on any atom is -0.366 e. The van der Waals surface area contributed by atoms with E-state index in [9.17, 15) is 14.2 Å². The minimum absolute atomic E-state index is 0.133. The number of aromatic nitrogens is 2. The number of hydrogen-bond acceptors (Lipinski definition) is 7. The van der Waals surface area contributed by atoms with Crippen molar-refractivity contribution in [1.82, 2.24) is 9.55 Å². The lowest BCUT2D eigenvalue weighted by Crippen LogP contribution is -2.33. The normalized spacial score (nSPS) is 20.3. The van der Waals surface area contributed by atoms with Gasteiger partial charge >= 0.3 is 13.3 Å². The molecule has 1 aromatic heterocycles. The topological polar surface area (TPSA) is 109 Å². The number of nitrogens with one attached hydrogen (secondary N) is 1. The average molecular weight is 374 g/mol. The van der Waals surface area contributed by atoms with Crippen LogP contribution in [-0.2, 0) is 23.1 Å². The van der Waals surface area contributed by atoms with Gasteiger partial charge in [-0.2, -0.15) is 0 Å². The largest absolute Gasteiger partial charge is 0.366 e. The smallest absolute Gasteiger partial charge is 0.356 e. The van der Waals surface area contributed by atoms with Crippen molar-refractivity contribution in [3.8, 4) is 0 Å². The fourth-order valence-corrected chi connectivity index (χ4v) is 3.64. The summed E-state index contributed by atoms with van der Waals surface area (Å²) in [5.41, 5.74) is -0.569. The van der Waals surface area contributed by atoms with Crippen molar-refractivity contribution in [3.05, 3.63) is 44.8 Å². The first-order valence-corrected chi connectivity index (χ1v) is 9.73. The van der Waals surface area contributed by atoms with Gasteiger partial charge in [0.2, 0.25) is 0 Å². The van der Waals surface area contributed by atoms with Crippen molar-refractivity contribution in [2.75, 3.05) is 26.2 Å². The Bertz CT molecular complexity index is 760. The molecule has 0 bridgehead atoms. The van der Waals surface area contributed by atoms with Gasteiger partial charge in [0.1, 0.15) is 12.5 Å². The van der Waals surface area contributed by atoms with E-state index in [-0.39, 0.29) is 26.2 Å². The number of rotatable bonds is 9. The van der Waals surface area contributed by atoms with Crippen LogP contribution >= 0.6 is 7.60 Å². The maximum Gasteiger partial charge on any atom is 0.356 e. The summed E-state index contributed by atoms with van der Waals surface area (Å²) in [6, 6.07) is 0. The summed E-state index contributed by atoms with van der Waals surface area (Å²) in [6.07, 6.45) is 3.65. The molecule has 0 amide bonds. The van der Waals surface area contributed by atoms with E-state index in [4.69, 9.17) is 18.5 Å². The number of aryl methyl sites for hydroxylation is 1. The van der Waals surface area contributed by atoms with E-state index in [1.54, 1.807) is 32.9 Å². The predicted molar refractivity (Wildman–Crippen MR) is 90.8 cm³/mol. The molecule has 2 rings (SSSR count). The zero-order chi connectivity index (χ0) is 18.4. The molecule has 0 spiro atoms. The third kappa shape index (κ3) is 5.23. The molecule has 25 heavy (non-hydrogen) atoms. The van der Waals surface area contributed by atoms with Crippen LogP contribution in [0.1, 0.15) is 25.6 Å². The van der Waals surface area contributed by atoms with E-state index < -0.39 is 31.2 Å². The summed E-state index contributed by atoms with van der Waals surface area (Å²) in [7, 11) is -3.27. The summed E-state index contributed by atoms with van der Waals surface area (Å²) >= 11 is 0. The molecule has 2 unspecified atom stereocenters. The van der Waals surface area contributed by atoms with Crippen LogP contribution in [0.25, 0.3) is 0 Å². The molecule has 0 aromatic carbocycles. The fourth-order valence-electron chi connectivity index (χ4n) is 2.30. The molecular weight excluding hydrogens is 351 g/mol. The molecule has 9 nitrogen and oxygen atoms in total. The summed E-state index contributed by atoms with van der Waals surface area (Å²) < 4.78 is 34.9. The zero-order valence-corrected chi connectivity index (χ0v) is 15.4. The summed E-state index contributed by atoms with van der Waals surface area (Å²) in [5.74, 6) is 0. The van der Waals surface area contributed by atoms with Crippen molar-refractivity contribution in [2.24, 2.45) is 0 Å². The highest BCUT2D eigenvalue weighted by atomic mass is 31.2. The quantitative estimate of drug-likeness (QED) is 0.516. The highest BCUT2D eigenvalue weighted by molar-refractivity contribution is 7.53. The van der Waals surface area contributed by atoms with E-state index in [0.29, 0.717) is 5.56 Å². The van der Waals surface area contributed by atoms with E-state index in [0.717, 1.165) is 0 Å². The van der Waals surface area contributed by atoms with Crippen LogP contribution in [0.2, 0.25) is 0 Å². The first kappa shape index (κ1) is 19.8. The maximum atomic E-state index is 12.3. The molecule has 1 aromatic rings. The van der Waals surface area contributed by atoms with Crippen LogP contribution in [0.15, 0.2) is 27.9 Å². The standard InChI is InChI=1S/C15H23N2O7P/c1-4-22-25(20,23-5-2)10-21-9-12-6-7-13(24-12)17-8-11(3)14(18)16-15(17)19/h6-8,12-13H,4-5,9-10H2,1-3H3,(H,16,18,19). The van der Waals surface area contributed by atoms with Crippen molar-refractivity contribution in [2.45, 2.75) is 33.1 Å². The van der Waals surface area contributed by atoms with Crippen molar-refractivity contribution >= 4 is 7.60 Å². The number of ether oxygens (including phenoxy) is 2. The maximum absolute atomic E-state index is 12.3. The lowest BCUT2D eigenvalue weighted by Gasteiger charge is -2.19. The Morgan fingerprint density at radius 1 is 1.24 bits per heavy atom. The van der Waals surface area contributed by atoms with Gasteiger partial charge in [0, 0.05) is 11.8 Å². The van der Waals surface area contributed by atoms with Gasteiger partial charge in [0.25, 0.3) is 5.56 Å². The SMILES string of the molecule is CCOP(=O)(COCC1C=CC(n2cc(C)c(=O)[nH]c2=O)O1)OCC. The second kappa shape index (κ2) is 8.73. The van der Waals surface area contributed by atoms with Gasteiger partial charge in [0.05, 0.1) is 19.8 Å². The van der Waals surface area contributed by atoms with Crippen LogP contribution in [0.5, 0.6) is 0 Å². The number of nitrogens with zero attached hydrogens (tertiary/aromatic N) is 1.